The second-order valence-corrected chi connectivity index (χ2v) is 6.59. The first-order valence-corrected chi connectivity index (χ1v) is 8.77. The van der Waals surface area contributed by atoms with Crippen LogP contribution < -0.4 is 0 Å². The zero-order valence-electron chi connectivity index (χ0n) is 14.8. The van der Waals surface area contributed by atoms with Gasteiger partial charge in [-0.15, -0.1) is 0 Å². The van der Waals surface area contributed by atoms with Gasteiger partial charge in [-0.2, -0.15) is 0 Å². The van der Waals surface area contributed by atoms with Gasteiger partial charge in [-0.25, -0.2) is 4.39 Å². The SMILES string of the molecule is CC(Cc1ccc(F)cc1)C(=O)N1CCN(C(=O)c2ccncc2)CC1. The molecule has 0 saturated carbocycles. The van der Waals surface area contributed by atoms with Crippen molar-refractivity contribution in [1.29, 1.82) is 0 Å². The molecule has 6 heteroatoms. The predicted molar refractivity (Wildman–Crippen MR) is 96.0 cm³/mol. The Labute approximate surface area is 152 Å². The van der Waals surface area contributed by atoms with Crippen LogP contribution in [-0.4, -0.2) is 52.8 Å². The minimum atomic E-state index is -0.275. The Morgan fingerprint density at radius 2 is 1.58 bits per heavy atom. The first-order valence-electron chi connectivity index (χ1n) is 8.77. The minimum absolute atomic E-state index is 0.0288. The summed E-state index contributed by atoms with van der Waals surface area (Å²) in [6.07, 6.45) is 3.78. The molecule has 0 N–H and O–H groups in total. The van der Waals surface area contributed by atoms with Crippen molar-refractivity contribution in [2.45, 2.75) is 13.3 Å². The highest BCUT2D eigenvalue weighted by atomic mass is 19.1. The van der Waals surface area contributed by atoms with Gasteiger partial charge in [0.05, 0.1) is 0 Å². The van der Waals surface area contributed by atoms with E-state index in [4.69, 9.17) is 0 Å². The van der Waals surface area contributed by atoms with E-state index in [1.54, 1.807) is 41.6 Å². The fourth-order valence-electron chi connectivity index (χ4n) is 3.18. The van der Waals surface area contributed by atoms with Crippen LogP contribution in [0.2, 0.25) is 0 Å². The van der Waals surface area contributed by atoms with Crippen molar-refractivity contribution >= 4 is 11.8 Å². The third-order valence-electron chi connectivity index (χ3n) is 4.68. The van der Waals surface area contributed by atoms with Gasteiger partial charge in [0.2, 0.25) is 5.91 Å². The van der Waals surface area contributed by atoms with E-state index in [2.05, 4.69) is 4.98 Å². The van der Waals surface area contributed by atoms with Gasteiger partial charge in [0.25, 0.3) is 5.91 Å². The van der Waals surface area contributed by atoms with Gasteiger partial charge in [-0.3, -0.25) is 14.6 Å². The molecule has 1 aliphatic rings. The fraction of sp³-hybridized carbons (Fsp3) is 0.350. The van der Waals surface area contributed by atoms with Crippen LogP contribution in [0.25, 0.3) is 0 Å². The molecule has 0 spiro atoms. The molecule has 0 radical (unpaired) electrons. The maximum Gasteiger partial charge on any atom is 0.254 e. The van der Waals surface area contributed by atoms with Crippen LogP contribution in [0.3, 0.4) is 0 Å². The number of hydrogen-bond acceptors (Lipinski definition) is 3. The molecule has 1 saturated heterocycles. The highest BCUT2D eigenvalue weighted by Gasteiger charge is 2.27. The summed E-state index contributed by atoms with van der Waals surface area (Å²) in [7, 11) is 0. The Morgan fingerprint density at radius 1 is 1.00 bits per heavy atom. The molecule has 0 bridgehead atoms. The molecule has 0 aliphatic carbocycles. The number of halogens is 1. The monoisotopic (exact) mass is 355 g/mol. The lowest BCUT2D eigenvalue weighted by atomic mass is 9.99. The molecule has 3 rings (SSSR count). The van der Waals surface area contributed by atoms with Crippen molar-refractivity contribution in [3.05, 3.63) is 65.7 Å². The highest BCUT2D eigenvalue weighted by Crippen LogP contribution is 2.15. The van der Waals surface area contributed by atoms with E-state index < -0.39 is 0 Å². The molecule has 1 aromatic heterocycles. The second kappa shape index (κ2) is 8.08. The molecule has 1 fully saturated rings. The maximum atomic E-state index is 13.0. The van der Waals surface area contributed by atoms with E-state index in [0.717, 1.165) is 5.56 Å². The third kappa shape index (κ3) is 4.25. The maximum absolute atomic E-state index is 13.0. The van der Waals surface area contributed by atoms with Crippen molar-refractivity contribution < 1.29 is 14.0 Å². The third-order valence-corrected chi connectivity index (χ3v) is 4.68. The van der Waals surface area contributed by atoms with Gasteiger partial charge in [0.15, 0.2) is 0 Å². The van der Waals surface area contributed by atoms with Crippen LogP contribution in [0, 0.1) is 11.7 Å². The molecule has 2 aromatic rings. The number of benzene rings is 1. The average molecular weight is 355 g/mol. The largest absolute Gasteiger partial charge is 0.339 e. The average Bonchev–Trinajstić information content (AvgIpc) is 2.69. The topological polar surface area (TPSA) is 53.5 Å². The number of carbonyl (C=O) groups is 2. The summed E-state index contributed by atoms with van der Waals surface area (Å²) < 4.78 is 13.0. The predicted octanol–water partition coefficient (Wildman–Crippen LogP) is 2.38. The summed E-state index contributed by atoms with van der Waals surface area (Å²) >= 11 is 0. The molecular formula is C20H22FN3O2. The van der Waals surface area contributed by atoms with Crippen LogP contribution in [0.15, 0.2) is 48.8 Å². The Morgan fingerprint density at radius 3 is 2.19 bits per heavy atom. The van der Waals surface area contributed by atoms with Gasteiger partial charge >= 0.3 is 0 Å². The van der Waals surface area contributed by atoms with E-state index in [-0.39, 0.29) is 23.5 Å². The van der Waals surface area contributed by atoms with Crippen molar-refractivity contribution in [3.8, 4) is 0 Å². The van der Waals surface area contributed by atoms with Crippen molar-refractivity contribution in [2.24, 2.45) is 5.92 Å². The Bertz CT molecular complexity index is 756. The van der Waals surface area contributed by atoms with Crippen LogP contribution >= 0.6 is 0 Å². The van der Waals surface area contributed by atoms with E-state index in [1.165, 1.54) is 12.1 Å². The van der Waals surface area contributed by atoms with Gasteiger partial charge in [0, 0.05) is 50.1 Å². The molecule has 26 heavy (non-hydrogen) atoms. The Hall–Kier alpha value is -2.76. The van der Waals surface area contributed by atoms with Crippen LogP contribution in [0.4, 0.5) is 4.39 Å². The first-order chi connectivity index (χ1) is 12.5. The van der Waals surface area contributed by atoms with Crippen LogP contribution in [0.1, 0.15) is 22.8 Å². The molecule has 2 heterocycles. The number of rotatable bonds is 4. The molecule has 1 aliphatic heterocycles. The van der Waals surface area contributed by atoms with E-state index >= 15 is 0 Å². The normalized spacial score (nSPS) is 15.6. The number of amides is 2. The lowest BCUT2D eigenvalue weighted by molar-refractivity contribution is -0.136. The summed E-state index contributed by atoms with van der Waals surface area (Å²) in [4.78, 5) is 32.6. The van der Waals surface area contributed by atoms with Crippen molar-refractivity contribution in [1.82, 2.24) is 14.8 Å². The number of aromatic nitrogens is 1. The molecule has 1 aromatic carbocycles. The zero-order valence-corrected chi connectivity index (χ0v) is 14.8. The summed E-state index contributed by atoms with van der Waals surface area (Å²) in [6, 6.07) is 9.65. The summed E-state index contributed by atoms with van der Waals surface area (Å²) in [5.74, 6) is -0.408. The standard InChI is InChI=1S/C20H22FN3O2/c1-15(14-16-2-4-18(21)5-3-16)19(25)23-10-12-24(13-11-23)20(26)17-6-8-22-9-7-17/h2-9,15H,10-14H2,1H3. The van der Waals surface area contributed by atoms with Gasteiger partial charge < -0.3 is 9.80 Å². The number of nitrogens with zero attached hydrogens (tertiary/aromatic N) is 3. The molecular weight excluding hydrogens is 333 g/mol. The molecule has 2 amide bonds. The van der Waals surface area contributed by atoms with E-state index in [0.29, 0.717) is 38.2 Å². The Kier molecular flexibility index (Phi) is 5.61. The summed E-state index contributed by atoms with van der Waals surface area (Å²) in [5.41, 5.74) is 1.56. The highest BCUT2D eigenvalue weighted by molar-refractivity contribution is 5.94. The lowest BCUT2D eigenvalue weighted by Gasteiger charge is -2.36. The quantitative estimate of drug-likeness (QED) is 0.846. The fourth-order valence-corrected chi connectivity index (χ4v) is 3.18. The van der Waals surface area contributed by atoms with Gasteiger partial charge in [0.1, 0.15) is 5.82 Å². The molecule has 1 unspecified atom stereocenters. The van der Waals surface area contributed by atoms with Crippen molar-refractivity contribution in [3.63, 3.8) is 0 Å². The molecule has 136 valence electrons. The van der Waals surface area contributed by atoms with Gasteiger partial charge in [-0.05, 0) is 36.2 Å². The Balaban J connectivity index is 1.53. The van der Waals surface area contributed by atoms with Crippen LogP contribution in [0.5, 0.6) is 0 Å². The second-order valence-electron chi connectivity index (χ2n) is 6.59. The first kappa shape index (κ1) is 18.0. The lowest BCUT2D eigenvalue weighted by Crippen LogP contribution is -2.51. The molecule has 1 atom stereocenters. The number of piperazine rings is 1. The molecule has 5 nitrogen and oxygen atoms in total. The summed E-state index contributed by atoms with van der Waals surface area (Å²) in [5, 5.41) is 0. The van der Waals surface area contributed by atoms with E-state index in [9.17, 15) is 14.0 Å². The van der Waals surface area contributed by atoms with Crippen LogP contribution in [-0.2, 0) is 11.2 Å². The zero-order chi connectivity index (χ0) is 18.5. The number of carbonyl (C=O) groups excluding carboxylic acids is 2. The number of pyridine rings is 1. The van der Waals surface area contributed by atoms with E-state index in [1.807, 2.05) is 11.8 Å². The minimum Gasteiger partial charge on any atom is -0.339 e. The van der Waals surface area contributed by atoms with Gasteiger partial charge in [-0.1, -0.05) is 19.1 Å². The smallest absolute Gasteiger partial charge is 0.254 e. The summed E-state index contributed by atoms with van der Waals surface area (Å²) in [6.45, 7) is 4.00. The number of hydrogen-bond donors (Lipinski definition) is 0. The van der Waals surface area contributed by atoms with Crippen molar-refractivity contribution in [2.75, 3.05) is 26.2 Å².